The van der Waals surface area contributed by atoms with Crippen LogP contribution in [0.3, 0.4) is 0 Å². The number of nitrogens with two attached hydrogens (primary N) is 1. The highest BCUT2D eigenvalue weighted by molar-refractivity contribution is 6.06. The SMILES string of the molecule is CC1Oc2c(C(=O)Nc3cccc(OCC(N)=O)c3)cccc2C1C. The third kappa shape index (κ3) is 3.57. The maximum Gasteiger partial charge on any atom is 0.259 e. The van der Waals surface area contributed by atoms with Crippen molar-refractivity contribution in [3.8, 4) is 11.5 Å². The van der Waals surface area contributed by atoms with Gasteiger partial charge >= 0.3 is 0 Å². The van der Waals surface area contributed by atoms with E-state index in [1.54, 1.807) is 30.3 Å². The number of ether oxygens (including phenoxy) is 2. The van der Waals surface area contributed by atoms with Crippen molar-refractivity contribution < 1.29 is 19.1 Å². The number of hydrogen-bond donors (Lipinski definition) is 2. The third-order valence-electron chi connectivity index (χ3n) is 4.26. The maximum absolute atomic E-state index is 12.7. The van der Waals surface area contributed by atoms with Gasteiger partial charge in [-0.15, -0.1) is 0 Å². The largest absolute Gasteiger partial charge is 0.489 e. The Balaban J connectivity index is 1.78. The van der Waals surface area contributed by atoms with Crippen molar-refractivity contribution in [3.63, 3.8) is 0 Å². The Bertz CT molecular complexity index is 819. The number of fused-ring (bicyclic) bond motifs is 1. The van der Waals surface area contributed by atoms with E-state index in [-0.39, 0.29) is 24.5 Å². The minimum Gasteiger partial charge on any atom is -0.489 e. The van der Waals surface area contributed by atoms with Crippen LogP contribution in [0.1, 0.15) is 35.7 Å². The molecule has 6 nitrogen and oxygen atoms in total. The van der Waals surface area contributed by atoms with Crippen LogP contribution in [0.15, 0.2) is 42.5 Å². The van der Waals surface area contributed by atoms with Crippen molar-refractivity contribution in [2.24, 2.45) is 5.73 Å². The van der Waals surface area contributed by atoms with E-state index in [9.17, 15) is 9.59 Å². The molecule has 3 N–H and O–H groups in total. The first-order valence-electron chi connectivity index (χ1n) is 8.08. The zero-order valence-electron chi connectivity index (χ0n) is 14.1. The molecule has 25 heavy (non-hydrogen) atoms. The molecular weight excluding hydrogens is 320 g/mol. The highest BCUT2D eigenvalue weighted by Gasteiger charge is 2.31. The second-order valence-corrected chi connectivity index (χ2v) is 6.07. The fourth-order valence-corrected chi connectivity index (χ4v) is 2.78. The number of anilines is 1. The van der Waals surface area contributed by atoms with E-state index in [1.807, 2.05) is 19.1 Å². The smallest absolute Gasteiger partial charge is 0.259 e. The second kappa shape index (κ2) is 6.84. The number of carbonyl (C=O) groups is 2. The number of benzene rings is 2. The van der Waals surface area contributed by atoms with Gasteiger partial charge in [0.25, 0.3) is 11.8 Å². The molecule has 3 rings (SSSR count). The van der Waals surface area contributed by atoms with Crippen molar-refractivity contribution in [1.29, 1.82) is 0 Å². The number of para-hydroxylation sites is 1. The number of rotatable bonds is 5. The quantitative estimate of drug-likeness (QED) is 0.875. The molecule has 0 saturated heterocycles. The summed E-state index contributed by atoms with van der Waals surface area (Å²) < 4.78 is 11.1. The molecule has 0 radical (unpaired) electrons. The van der Waals surface area contributed by atoms with Crippen LogP contribution in [-0.2, 0) is 4.79 Å². The van der Waals surface area contributed by atoms with Gasteiger partial charge in [-0.05, 0) is 25.1 Å². The standard InChI is InChI=1S/C19H20N2O4/c1-11-12(2)25-18-15(11)7-4-8-16(18)19(23)21-13-5-3-6-14(9-13)24-10-17(20)22/h3-9,11-12H,10H2,1-2H3,(H2,20,22)(H,21,23). The lowest BCUT2D eigenvalue weighted by molar-refractivity contribution is -0.119. The molecule has 0 bridgehead atoms. The van der Waals surface area contributed by atoms with E-state index in [4.69, 9.17) is 15.2 Å². The second-order valence-electron chi connectivity index (χ2n) is 6.07. The molecule has 1 aliphatic heterocycles. The van der Waals surface area contributed by atoms with Gasteiger partial charge in [0.1, 0.15) is 17.6 Å². The van der Waals surface area contributed by atoms with E-state index < -0.39 is 5.91 Å². The van der Waals surface area contributed by atoms with Crippen molar-refractivity contribution in [3.05, 3.63) is 53.6 Å². The van der Waals surface area contributed by atoms with Gasteiger partial charge in [-0.2, -0.15) is 0 Å². The zero-order valence-corrected chi connectivity index (χ0v) is 14.1. The van der Waals surface area contributed by atoms with Crippen molar-refractivity contribution in [2.45, 2.75) is 25.9 Å². The van der Waals surface area contributed by atoms with Crippen molar-refractivity contribution >= 4 is 17.5 Å². The molecule has 2 unspecified atom stereocenters. The van der Waals surface area contributed by atoms with Gasteiger partial charge in [-0.1, -0.05) is 25.1 Å². The Morgan fingerprint density at radius 2 is 1.96 bits per heavy atom. The van der Waals surface area contributed by atoms with Crippen LogP contribution in [-0.4, -0.2) is 24.5 Å². The van der Waals surface area contributed by atoms with E-state index in [1.165, 1.54) is 0 Å². The molecule has 1 aliphatic rings. The first-order chi connectivity index (χ1) is 12.0. The normalized spacial score (nSPS) is 18.2. The average molecular weight is 340 g/mol. The topological polar surface area (TPSA) is 90.7 Å². The fourth-order valence-electron chi connectivity index (χ4n) is 2.78. The highest BCUT2D eigenvalue weighted by atomic mass is 16.5. The lowest BCUT2D eigenvalue weighted by Crippen LogP contribution is -2.20. The molecular formula is C19H20N2O4. The summed E-state index contributed by atoms with van der Waals surface area (Å²) in [6.45, 7) is 3.86. The maximum atomic E-state index is 12.7. The lowest BCUT2D eigenvalue weighted by atomic mass is 9.97. The van der Waals surface area contributed by atoms with E-state index in [0.29, 0.717) is 22.7 Å². The molecule has 0 aliphatic carbocycles. The molecule has 0 saturated carbocycles. The zero-order chi connectivity index (χ0) is 18.0. The summed E-state index contributed by atoms with van der Waals surface area (Å²) >= 11 is 0. The third-order valence-corrected chi connectivity index (χ3v) is 4.26. The van der Waals surface area contributed by atoms with Crippen LogP contribution in [0.2, 0.25) is 0 Å². The number of carbonyl (C=O) groups excluding carboxylic acids is 2. The summed E-state index contributed by atoms with van der Waals surface area (Å²) in [5.41, 5.74) is 7.16. The van der Waals surface area contributed by atoms with Crippen LogP contribution in [0.25, 0.3) is 0 Å². The molecule has 6 heteroatoms. The minimum atomic E-state index is -0.560. The number of primary amides is 1. The Hall–Kier alpha value is -3.02. The minimum absolute atomic E-state index is 0.0366. The Kier molecular flexibility index (Phi) is 4.61. The highest BCUT2D eigenvalue weighted by Crippen LogP contribution is 2.40. The van der Waals surface area contributed by atoms with Gasteiger partial charge in [-0.3, -0.25) is 9.59 Å². The Morgan fingerprint density at radius 3 is 2.72 bits per heavy atom. The molecule has 0 aromatic heterocycles. The van der Waals surface area contributed by atoms with E-state index in [0.717, 1.165) is 5.56 Å². The lowest BCUT2D eigenvalue weighted by Gasteiger charge is -2.11. The van der Waals surface area contributed by atoms with Crippen molar-refractivity contribution in [2.75, 3.05) is 11.9 Å². The first-order valence-corrected chi connectivity index (χ1v) is 8.08. The summed E-state index contributed by atoms with van der Waals surface area (Å²) in [6, 6.07) is 12.4. The summed E-state index contributed by atoms with van der Waals surface area (Å²) in [7, 11) is 0. The number of amides is 2. The predicted molar refractivity (Wildman–Crippen MR) is 94.0 cm³/mol. The average Bonchev–Trinajstić information content (AvgIpc) is 2.88. The summed E-state index contributed by atoms with van der Waals surface area (Å²) in [6.07, 6.45) is 0.0366. The molecule has 2 amide bonds. The summed E-state index contributed by atoms with van der Waals surface area (Å²) in [5.74, 6) is 0.516. The van der Waals surface area contributed by atoms with Crippen LogP contribution >= 0.6 is 0 Å². The van der Waals surface area contributed by atoms with Gasteiger partial charge in [0.05, 0.1) is 5.56 Å². The van der Waals surface area contributed by atoms with E-state index in [2.05, 4.69) is 12.2 Å². The van der Waals surface area contributed by atoms with Gasteiger partial charge in [0.15, 0.2) is 6.61 Å². The molecule has 2 atom stereocenters. The van der Waals surface area contributed by atoms with Crippen LogP contribution in [0.4, 0.5) is 5.69 Å². The molecule has 0 spiro atoms. The van der Waals surface area contributed by atoms with Crippen LogP contribution in [0, 0.1) is 0 Å². The monoisotopic (exact) mass is 340 g/mol. The summed E-state index contributed by atoms with van der Waals surface area (Å²) in [4.78, 5) is 23.5. The Morgan fingerprint density at radius 1 is 1.20 bits per heavy atom. The number of nitrogens with one attached hydrogen (secondary N) is 1. The first kappa shape index (κ1) is 16.8. The van der Waals surface area contributed by atoms with Gasteiger partial charge in [0, 0.05) is 23.2 Å². The van der Waals surface area contributed by atoms with Gasteiger partial charge in [0.2, 0.25) is 0 Å². The molecule has 0 fully saturated rings. The fraction of sp³-hybridized carbons (Fsp3) is 0.263. The molecule has 130 valence electrons. The number of hydrogen-bond acceptors (Lipinski definition) is 4. The van der Waals surface area contributed by atoms with E-state index >= 15 is 0 Å². The van der Waals surface area contributed by atoms with Gasteiger partial charge in [-0.25, -0.2) is 0 Å². The predicted octanol–water partition coefficient (Wildman–Crippen LogP) is 2.69. The molecule has 2 aromatic rings. The van der Waals surface area contributed by atoms with Crippen molar-refractivity contribution in [1.82, 2.24) is 0 Å². The van der Waals surface area contributed by atoms with Gasteiger partial charge < -0.3 is 20.5 Å². The van der Waals surface area contributed by atoms with Crippen LogP contribution < -0.4 is 20.5 Å². The Labute approximate surface area is 145 Å². The molecule has 2 aromatic carbocycles. The molecule has 1 heterocycles. The van der Waals surface area contributed by atoms with Crippen LogP contribution in [0.5, 0.6) is 11.5 Å². The summed E-state index contributed by atoms with van der Waals surface area (Å²) in [5, 5.41) is 2.83.